The maximum absolute atomic E-state index is 9.58. The van der Waals surface area contributed by atoms with Crippen molar-refractivity contribution in [2.45, 2.75) is 71.6 Å². The summed E-state index contributed by atoms with van der Waals surface area (Å²) in [5.74, 6) is 0. The predicted molar refractivity (Wildman–Crippen MR) is 68.7 cm³/mol. The van der Waals surface area contributed by atoms with Crippen molar-refractivity contribution in [3.63, 3.8) is 0 Å². The van der Waals surface area contributed by atoms with Gasteiger partial charge in [-0.2, -0.15) is 0 Å². The molecule has 0 atom stereocenters. The highest BCUT2D eigenvalue weighted by molar-refractivity contribution is 4.79. The van der Waals surface area contributed by atoms with Crippen molar-refractivity contribution in [3.8, 4) is 0 Å². The normalized spacial score (nSPS) is 14.2. The van der Waals surface area contributed by atoms with E-state index in [1.165, 1.54) is 0 Å². The number of hydrogen-bond acceptors (Lipinski definition) is 3. The zero-order valence-corrected chi connectivity index (χ0v) is 12.0. The summed E-state index contributed by atoms with van der Waals surface area (Å²) >= 11 is 0. The van der Waals surface area contributed by atoms with E-state index in [0.29, 0.717) is 13.0 Å². The molecule has 0 saturated carbocycles. The summed E-state index contributed by atoms with van der Waals surface area (Å²) in [6, 6.07) is 0. The Morgan fingerprint density at radius 2 is 1.50 bits per heavy atom. The standard InChI is InChI=1S/C13H29NO2/c1-11(2,3)14-10-13(6,7)16-9-8-12(4,5)15/h14-15H,8-10H2,1-7H3. The summed E-state index contributed by atoms with van der Waals surface area (Å²) in [4.78, 5) is 0. The van der Waals surface area contributed by atoms with Crippen LogP contribution in [-0.4, -0.2) is 35.0 Å². The molecule has 0 saturated heterocycles. The predicted octanol–water partition coefficient (Wildman–Crippen LogP) is 2.33. The fourth-order valence-electron chi connectivity index (χ4n) is 1.11. The summed E-state index contributed by atoms with van der Waals surface area (Å²) < 4.78 is 5.78. The van der Waals surface area contributed by atoms with E-state index >= 15 is 0 Å². The molecule has 0 aliphatic rings. The minimum absolute atomic E-state index is 0.108. The van der Waals surface area contributed by atoms with E-state index in [0.717, 1.165) is 6.54 Å². The van der Waals surface area contributed by atoms with E-state index in [4.69, 9.17) is 4.74 Å². The summed E-state index contributed by atoms with van der Waals surface area (Å²) in [7, 11) is 0. The topological polar surface area (TPSA) is 41.5 Å². The third kappa shape index (κ3) is 10.4. The minimum Gasteiger partial charge on any atom is -0.390 e. The average molecular weight is 231 g/mol. The van der Waals surface area contributed by atoms with E-state index in [1.807, 2.05) is 0 Å². The van der Waals surface area contributed by atoms with Crippen LogP contribution in [0.4, 0.5) is 0 Å². The monoisotopic (exact) mass is 231 g/mol. The average Bonchev–Trinajstić information content (AvgIpc) is 1.97. The van der Waals surface area contributed by atoms with Gasteiger partial charge in [-0.05, 0) is 54.9 Å². The molecule has 0 aromatic heterocycles. The van der Waals surface area contributed by atoms with Crippen LogP contribution < -0.4 is 5.32 Å². The molecule has 0 bridgehead atoms. The van der Waals surface area contributed by atoms with Gasteiger partial charge in [-0.3, -0.25) is 0 Å². The first kappa shape index (κ1) is 15.9. The third-order valence-electron chi connectivity index (χ3n) is 2.25. The Labute approximate surface area is 101 Å². The molecule has 0 aromatic carbocycles. The van der Waals surface area contributed by atoms with Gasteiger partial charge in [0.2, 0.25) is 0 Å². The molecule has 0 aliphatic carbocycles. The van der Waals surface area contributed by atoms with Crippen molar-refractivity contribution in [2.75, 3.05) is 13.2 Å². The second kappa shape index (κ2) is 5.48. The number of ether oxygens (including phenoxy) is 1. The van der Waals surface area contributed by atoms with Crippen molar-refractivity contribution in [1.82, 2.24) is 5.32 Å². The van der Waals surface area contributed by atoms with E-state index in [-0.39, 0.29) is 11.1 Å². The highest BCUT2D eigenvalue weighted by atomic mass is 16.5. The highest BCUT2D eigenvalue weighted by Crippen LogP contribution is 2.14. The van der Waals surface area contributed by atoms with Crippen LogP contribution in [0.15, 0.2) is 0 Å². The van der Waals surface area contributed by atoms with Crippen LogP contribution in [0.1, 0.15) is 54.9 Å². The molecular weight excluding hydrogens is 202 g/mol. The fraction of sp³-hybridized carbons (Fsp3) is 1.00. The lowest BCUT2D eigenvalue weighted by atomic mass is 10.0. The summed E-state index contributed by atoms with van der Waals surface area (Å²) in [5.41, 5.74) is -0.733. The van der Waals surface area contributed by atoms with Gasteiger partial charge in [-0.1, -0.05) is 0 Å². The molecular formula is C13H29NO2. The zero-order chi connectivity index (χ0) is 13.0. The molecule has 3 heteroatoms. The SMILES string of the molecule is CC(C)(O)CCOC(C)(C)CNC(C)(C)C. The van der Waals surface area contributed by atoms with Crippen molar-refractivity contribution in [3.05, 3.63) is 0 Å². The number of nitrogens with one attached hydrogen (secondary N) is 1. The van der Waals surface area contributed by atoms with Crippen molar-refractivity contribution >= 4 is 0 Å². The quantitative estimate of drug-likeness (QED) is 0.737. The molecule has 0 fully saturated rings. The molecule has 0 rings (SSSR count). The zero-order valence-electron chi connectivity index (χ0n) is 12.0. The Balaban J connectivity index is 3.88. The lowest BCUT2D eigenvalue weighted by Gasteiger charge is -2.31. The molecule has 3 nitrogen and oxygen atoms in total. The van der Waals surface area contributed by atoms with Crippen LogP contribution in [0.5, 0.6) is 0 Å². The van der Waals surface area contributed by atoms with Crippen LogP contribution >= 0.6 is 0 Å². The minimum atomic E-state index is -0.645. The van der Waals surface area contributed by atoms with Gasteiger partial charge in [-0.25, -0.2) is 0 Å². The smallest absolute Gasteiger partial charge is 0.0750 e. The first-order valence-electron chi connectivity index (χ1n) is 6.03. The molecule has 0 unspecified atom stereocenters. The lowest BCUT2D eigenvalue weighted by molar-refractivity contribution is -0.0469. The van der Waals surface area contributed by atoms with Gasteiger partial charge in [0.05, 0.1) is 17.8 Å². The molecule has 0 aromatic rings. The fourth-order valence-corrected chi connectivity index (χ4v) is 1.11. The van der Waals surface area contributed by atoms with Crippen molar-refractivity contribution < 1.29 is 9.84 Å². The Kier molecular flexibility index (Phi) is 5.44. The first-order valence-corrected chi connectivity index (χ1v) is 6.03. The molecule has 0 heterocycles. The Bertz CT molecular complexity index is 199. The molecule has 0 amide bonds. The van der Waals surface area contributed by atoms with Crippen LogP contribution in [0.25, 0.3) is 0 Å². The molecule has 98 valence electrons. The van der Waals surface area contributed by atoms with Gasteiger partial charge < -0.3 is 15.2 Å². The van der Waals surface area contributed by atoms with Gasteiger partial charge in [0.25, 0.3) is 0 Å². The van der Waals surface area contributed by atoms with Crippen LogP contribution in [0.2, 0.25) is 0 Å². The Morgan fingerprint density at radius 3 is 1.88 bits per heavy atom. The van der Waals surface area contributed by atoms with Gasteiger partial charge in [0.15, 0.2) is 0 Å². The van der Waals surface area contributed by atoms with Gasteiger partial charge in [0, 0.05) is 12.1 Å². The third-order valence-corrected chi connectivity index (χ3v) is 2.25. The van der Waals surface area contributed by atoms with Crippen LogP contribution in [0, 0.1) is 0 Å². The number of rotatable bonds is 6. The summed E-state index contributed by atoms with van der Waals surface area (Å²) in [6.45, 7) is 15.5. The van der Waals surface area contributed by atoms with Gasteiger partial charge in [-0.15, -0.1) is 0 Å². The molecule has 0 aliphatic heterocycles. The molecule has 2 N–H and O–H groups in total. The second-order valence-electron chi connectivity index (χ2n) is 6.77. The summed E-state index contributed by atoms with van der Waals surface area (Å²) in [5, 5.41) is 13.0. The van der Waals surface area contributed by atoms with Crippen molar-refractivity contribution in [1.29, 1.82) is 0 Å². The second-order valence-corrected chi connectivity index (χ2v) is 6.77. The number of aliphatic hydroxyl groups is 1. The Morgan fingerprint density at radius 1 is 1.00 bits per heavy atom. The van der Waals surface area contributed by atoms with Crippen LogP contribution in [-0.2, 0) is 4.74 Å². The van der Waals surface area contributed by atoms with E-state index in [9.17, 15) is 5.11 Å². The number of hydrogen-bond donors (Lipinski definition) is 2. The van der Waals surface area contributed by atoms with Gasteiger partial charge in [0.1, 0.15) is 0 Å². The molecule has 0 spiro atoms. The lowest BCUT2D eigenvalue weighted by Crippen LogP contribution is -2.46. The Hall–Kier alpha value is -0.120. The van der Waals surface area contributed by atoms with Gasteiger partial charge >= 0.3 is 0 Å². The molecule has 16 heavy (non-hydrogen) atoms. The van der Waals surface area contributed by atoms with Crippen LogP contribution in [0.3, 0.4) is 0 Å². The first-order chi connectivity index (χ1) is 6.91. The van der Waals surface area contributed by atoms with E-state index < -0.39 is 5.60 Å². The maximum Gasteiger partial charge on any atom is 0.0750 e. The summed E-state index contributed by atoms with van der Waals surface area (Å²) in [6.07, 6.45) is 0.659. The van der Waals surface area contributed by atoms with E-state index in [2.05, 4.69) is 39.9 Å². The highest BCUT2D eigenvalue weighted by Gasteiger charge is 2.22. The largest absolute Gasteiger partial charge is 0.390 e. The van der Waals surface area contributed by atoms with Crippen molar-refractivity contribution in [2.24, 2.45) is 0 Å². The maximum atomic E-state index is 9.58. The van der Waals surface area contributed by atoms with E-state index in [1.54, 1.807) is 13.8 Å². The molecule has 0 radical (unpaired) electrons.